The zero-order valence-corrected chi connectivity index (χ0v) is 23.9. The number of likely N-dealkylation sites (N-methyl/N-ethyl adjacent to an activating group) is 1. The molecule has 3 aromatic heterocycles. The van der Waals surface area contributed by atoms with Crippen molar-refractivity contribution in [2.75, 3.05) is 31.3 Å². The molecule has 41 heavy (non-hydrogen) atoms. The van der Waals surface area contributed by atoms with Gasteiger partial charge in [0.1, 0.15) is 11.9 Å². The summed E-state index contributed by atoms with van der Waals surface area (Å²) in [6, 6.07) is 11.5. The normalized spacial score (nSPS) is 18.1. The third kappa shape index (κ3) is 7.40. The number of halogens is 1. The summed E-state index contributed by atoms with van der Waals surface area (Å²) in [5.41, 5.74) is 3.56. The Balaban J connectivity index is 1.17. The SMILES string of the molecule is CN(C)C/C=C/C(O)Nc1ccc(C(=O)N[C@H]2CCC[C@@H](Nc3ncc(Cl)c(-c4c[nH]c5ccccc45)n3)C2)nc1. The molecule has 1 saturated carbocycles. The number of carbonyl (C=O) groups is 1. The third-order valence-corrected chi connectivity index (χ3v) is 7.31. The zero-order chi connectivity index (χ0) is 28.8. The van der Waals surface area contributed by atoms with Crippen LogP contribution >= 0.6 is 11.6 Å². The third-order valence-electron chi connectivity index (χ3n) is 7.03. The van der Waals surface area contributed by atoms with Crippen molar-refractivity contribution in [1.82, 2.24) is 30.2 Å². The number of aromatic amines is 1. The van der Waals surface area contributed by atoms with Crippen LogP contribution in [0.2, 0.25) is 5.02 Å². The van der Waals surface area contributed by atoms with Crippen molar-refractivity contribution in [3.05, 3.63) is 77.9 Å². The van der Waals surface area contributed by atoms with Crippen LogP contribution in [0.1, 0.15) is 36.2 Å². The molecule has 0 aliphatic heterocycles. The molecule has 10 nitrogen and oxygen atoms in total. The van der Waals surface area contributed by atoms with E-state index >= 15 is 0 Å². The number of nitrogens with zero attached hydrogens (tertiary/aromatic N) is 4. The minimum absolute atomic E-state index is 0.00241. The summed E-state index contributed by atoms with van der Waals surface area (Å²) >= 11 is 6.49. The maximum atomic E-state index is 12.9. The van der Waals surface area contributed by atoms with Gasteiger partial charge < -0.3 is 30.9 Å². The molecule has 1 unspecified atom stereocenters. The molecule has 3 heterocycles. The molecular weight excluding hydrogens is 540 g/mol. The van der Waals surface area contributed by atoms with Crippen molar-refractivity contribution < 1.29 is 9.90 Å². The van der Waals surface area contributed by atoms with Gasteiger partial charge >= 0.3 is 0 Å². The molecular formula is C30H35ClN8O2. The maximum absolute atomic E-state index is 12.9. The van der Waals surface area contributed by atoms with E-state index in [2.05, 4.69) is 30.9 Å². The second kappa shape index (κ2) is 13.1. The van der Waals surface area contributed by atoms with E-state index in [0.29, 0.717) is 28.0 Å². The Morgan fingerprint density at radius 3 is 2.80 bits per heavy atom. The highest BCUT2D eigenvalue weighted by molar-refractivity contribution is 6.33. The molecule has 5 rings (SSSR count). The van der Waals surface area contributed by atoms with Crippen LogP contribution < -0.4 is 16.0 Å². The number of amides is 1. The van der Waals surface area contributed by atoms with Crippen molar-refractivity contribution >= 4 is 40.0 Å². The number of aliphatic hydroxyl groups excluding tert-OH is 1. The number of anilines is 2. The second-order valence-electron chi connectivity index (χ2n) is 10.5. The van der Waals surface area contributed by atoms with Crippen molar-refractivity contribution in [1.29, 1.82) is 0 Å². The molecule has 4 aromatic rings. The highest BCUT2D eigenvalue weighted by Crippen LogP contribution is 2.32. The first-order valence-electron chi connectivity index (χ1n) is 13.7. The van der Waals surface area contributed by atoms with Gasteiger partial charge in [0.25, 0.3) is 5.91 Å². The largest absolute Gasteiger partial charge is 0.370 e. The Morgan fingerprint density at radius 1 is 1.17 bits per heavy atom. The number of fused-ring (bicyclic) bond motifs is 1. The highest BCUT2D eigenvalue weighted by atomic mass is 35.5. The fourth-order valence-electron chi connectivity index (χ4n) is 5.02. The predicted molar refractivity (Wildman–Crippen MR) is 163 cm³/mol. The number of aromatic nitrogens is 4. The van der Waals surface area contributed by atoms with E-state index in [0.717, 1.165) is 48.7 Å². The van der Waals surface area contributed by atoms with Gasteiger partial charge in [-0.1, -0.05) is 35.9 Å². The topological polar surface area (TPSA) is 131 Å². The van der Waals surface area contributed by atoms with Gasteiger partial charge in [-0.25, -0.2) is 15.0 Å². The lowest BCUT2D eigenvalue weighted by Gasteiger charge is -2.30. The lowest BCUT2D eigenvalue weighted by molar-refractivity contribution is 0.0921. The summed E-state index contributed by atoms with van der Waals surface area (Å²) in [6.07, 6.45) is 11.3. The van der Waals surface area contributed by atoms with Gasteiger partial charge in [0.05, 0.1) is 28.8 Å². The van der Waals surface area contributed by atoms with Gasteiger partial charge in [-0.15, -0.1) is 0 Å². The quantitative estimate of drug-likeness (QED) is 0.136. The number of benzene rings is 1. The van der Waals surface area contributed by atoms with Gasteiger partial charge in [0.2, 0.25) is 5.95 Å². The van der Waals surface area contributed by atoms with Crippen LogP contribution in [0.15, 0.2) is 67.1 Å². The first kappa shape index (κ1) is 28.5. The van der Waals surface area contributed by atoms with Crippen LogP contribution in [-0.2, 0) is 0 Å². The molecule has 3 atom stereocenters. The molecule has 1 aromatic carbocycles. The summed E-state index contributed by atoms with van der Waals surface area (Å²) in [5, 5.41) is 21.2. The Morgan fingerprint density at radius 2 is 2.00 bits per heavy atom. The molecule has 0 saturated heterocycles. The van der Waals surface area contributed by atoms with Crippen LogP contribution in [0.4, 0.5) is 11.6 Å². The van der Waals surface area contributed by atoms with Crippen LogP contribution in [0.25, 0.3) is 22.2 Å². The Bertz CT molecular complexity index is 1500. The number of para-hydroxylation sites is 1. The van der Waals surface area contributed by atoms with Crippen molar-refractivity contribution in [3.63, 3.8) is 0 Å². The molecule has 1 amide bonds. The molecule has 1 fully saturated rings. The number of nitrogens with one attached hydrogen (secondary N) is 4. The smallest absolute Gasteiger partial charge is 0.270 e. The van der Waals surface area contributed by atoms with Crippen LogP contribution in [0, 0.1) is 0 Å². The molecule has 1 aliphatic carbocycles. The van der Waals surface area contributed by atoms with Gasteiger partial charge in [0, 0.05) is 41.3 Å². The second-order valence-corrected chi connectivity index (χ2v) is 10.9. The van der Waals surface area contributed by atoms with Gasteiger partial charge in [-0.05, 0) is 64.1 Å². The van der Waals surface area contributed by atoms with E-state index in [1.807, 2.05) is 55.5 Å². The van der Waals surface area contributed by atoms with Gasteiger partial charge in [-0.2, -0.15) is 0 Å². The molecule has 0 radical (unpaired) electrons. The molecule has 214 valence electrons. The first-order valence-corrected chi connectivity index (χ1v) is 14.1. The lowest BCUT2D eigenvalue weighted by Crippen LogP contribution is -2.42. The Labute approximate surface area is 244 Å². The van der Waals surface area contributed by atoms with E-state index in [-0.39, 0.29) is 18.0 Å². The average molecular weight is 575 g/mol. The standard InChI is InChI=1S/C30H35ClN8O2/c1-39(2)14-6-11-27(40)35-21-12-13-26(32-16-21)29(41)36-19-7-5-8-20(15-19)37-30-34-18-24(31)28(38-30)23-17-33-25-10-4-3-9-22(23)25/h3-4,6,9-13,16-20,27,33,35,40H,5,7-8,14-15H2,1-2H3,(H,36,41)(H,34,37,38)/b11-6+/t19-,20+,27?/m0/s1. The van der Waals surface area contributed by atoms with Crippen molar-refractivity contribution in [3.8, 4) is 11.3 Å². The van der Waals surface area contributed by atoms with Crippen LogP contribution in [0.5, 0.6) is 0 Å². The Kier molecular flexibility index (Phi) is 9.13. The van der Waals surface area contributed by atoms with E-state index in [4.69, 9.17) is 16.6 Å². The summed E-state index contributed by atoms with van der Waals surface area (Å²) < 4.78 is 0. The van der Waals surface area contributed by atoms with Crippen molar-refractivity contribution in [2.24, 2.45) is 0 Å². The minimum atomic E-state index is -0.842. The average Bonchev–Trinajstić information content (AvgIpc) is 3.38. The number of carbonyl (C=O) groups excluding carboxylic acids is 1. The van der Waals surface area contributed by atoms with Gasteiger partial charge in [0.15, 0.2) is 0 Å². The molecule has 1 aliphatic rings. The number of hydrogen-bond donors (Lipinski definition) is 5. The molecule has 5 N–H and O–H groups in total. The highest BCUT2D eigenvalue weighted by Gasteiger charge is 2.25. The first-order chi connectivity index (χ1) is 19.9. The van der Waals surface area contributed by atoms with Gasteiger partial charge in [-0.3, -0.25) is 4.79 Å². The summed E-state index contributed by atoms with van der Waals surface area (Å²) in [4.78, 5) is 31.6. The number of H-pyrrole nitrogens is 1. The number of aliphatic hydroxyl groups is 1. The van der Waals surface area contributed by atoms with E-state index < -0.39 is 6.23 Å². The number of hydrogen-bond acceptors (Lipinski definition) is 8. The minimum Gasteiger partial charge on any atom is -0.370 e. The molecule has 0 bridgehead atoms. The summed E-state index contributed by atoms with van der Waals surface area (Å²) in [7, 11) is 3.91. The molecule has 11 heteroatoms. The number of pyridine rings is 1. The summed E-state index contributed by atoms with van der Waals surface area (Å²) in [5.74, 6) is 0.285. The van der Waals surface area contributed by atoms with E-state index in [1.165, 1.54) is 0 Å². The zero-order valence-electron chi connectivity index (χ0n) is 23.1. The molecule has 0 spiro atoms. The lowest BCUT2D eigenvalue weighted by atomic mass is 9.91. The maximum Gasteiger partial charge on any atom is 0.270 e. The van der Waals surface area contributed by atoms with Crippen LogP contribution in [0.3, 0.4) is 0 Å². The van der Waals surface area contributed by atoms with E-state index in [9.17, 15) is 9.90 Å². The predicted octanol–water partition coefficient (Wildman–Crippen LogP) is 4.67. The van der Waals surface area contributed by atoms with E-state index in [1.54, 1.807) is 30.6 Å². The fourth-order valence-corrected chi connectivity index (χ4v) is 5.21. The fraction of sp³-hybridized carbons (Fsp3) is 0.333. The monoisotopic (exact) mass is 574 g/mol. The van der Waals surface area contributed by atoms with Crippen LogP contribution in [-0.4, -0.2) is 74.8 Å². The number of rotatable bonds is 10. The summed E-state index contributed by atoms with van der Waals surface area (Å²) in [6.45, 7) is 0.729. The Hall–Kier alpha value is -3.99. The van der Waals surface area contributed by atoms with Crippen molar-refractivity contribution in [2.45, 2.75) is 44.0 Å².